The predicted octanol–water partition coefficient (Wildman–Crippen LogP) is 1.57. The SMILES string of the molecule is CCOC(=O)C1CCCN(C(=O)CN2C(=O)NC(C)(c3ccc(OC)c(C)c3)C2=O)C1. The van der Waals surface area contributed by atoms with Crippen LogP contribution < -0.4 is 10.1 Å². The smallest absolute Gasteiger partial charge is 0.325 e. The van der Waals surface area contributed by atoms with Crippen LogP contribution >= 0.6 is 0 Å². The summed E-state index contributed by atoms with van der Waals surface area (Å²) < 4.78 is 10.3. The molecule has 0 spiro atoms. The number of esters is 1. The molecule has 168 valence electrons. The van der Waals surface area contributed by atoms with E-state index in [-0.39, 0.29) is 37.5 Å². The number of aryl methyl sites for hydroxylation is 1. The Hall–Kier alpha value is -3.10. The van der Waals surface area contributed by atoms with Gasteiger partial charge in [-0.25, -0.2) is 4.79 Å². The van der Waals surface area contributed by atoms with Gasteiger partial charge in [0.05, 0.1) is 19.6 Å². The molecule has 1 aromatic rings. The fourth-order valence-electron chi connectivity index (χ4n) is 4.12. The summed E-state index contributed by atoms with van der Waals surface area (Å²) in [6.07, 6.45) is 1.32. The van der Waals surface area contributed by atoms with Crippen molar-refractivity contribution < 1.29 is 28.7 Å². The molecule has 0 aliphatic carbocycles. The highest BCUT2D eigenvalue weighted by Gasteiger charge is 2.50. The number of likely N-dealkylation sites (tertiary alicyclic amines) is 1. The Kier molecular flexibility index (Phi) is 6.52. The number of rotatable bonds is 6. The van der Waals surface area contributed by atoms with Crippen LogP contribution in [0.2, 0.25) is 0 Å². The Morgan fingerprint density at radius 3 is 2.68 bits per heavy atom. The molecule has 2 heterocycles. The predicted molar refractivity (Wildman–Crippen MR) is 111 cm³/mol. The minimum atomic E-state index is -1.27. The molecular formula is C22H29N3O6. The third-order valence-electron chi connectivity index (χ3n) is 5.93. The number of carbonyl (C=O) groups excluding carboxylic acids is 4. The first kappa shape index (κ1) is 22.6. The first-order chi connectivity index (χ1) is 14.7. The third-order valence-corrected chi connectivity index (χ3v) is 5.93. The second kappa shape index (κ2) is 8.95. The van der Waals surface area contributed by atoms with Crippen molar-refractivity contribution in [1.82, 2.24) is 15.1 Å². The molecule has 2 fully saturated rings. The number of hydrogen-bond donors (Lipinski definition) is 1. The normalized spacial score (nSPS) is 23.5. The van der Waals surface area contributed by atoms with E-state index in [1.165, 1.54) is 4.90 Å². The molecule has 2 atom stereocenters. The summed E-state index contributed by atoms with van der Waals surface area (Å²) in [6, 6.07) is 4.64. The van der Waals surface area contributed by atoms with E-state index in [4.69, 9.17) is 9.47 Å². The Morgan fingerprint density at radius 1 is 1.29 bits per heavy atom. The maximum absolute atomic E-state index is 13.1. The molecule has 9 heteroatoms. The summed E-state index contributed by atoms with van der Waals surface area (Å²) in [6.45, 7) is 5.84. The van der Waals surface area contributed by atoms with Crippen molar-refractivity contribution >= 4 is 23.8 Å². The number of benzene rings is 1. The van der Waals surface area contributed by atoms with Crippen molar-refractivity contribution in [3.05, 3.63) is 29.3 Å². The lowest BCUT2D eigenvalue weighted by atomic mass is 9.90. The van der Waals surface area contributed by atoms with Gasteiger partial charge in [-0.3, -0.25) is 19.3 Å². The van der Waals surface area contributed by atoms with Crippen molar-refractivity contribution in [1.29, 1.82) is 0 Å². The number of ether oxygens (including phenoxy) is 2. The highest BCUT2D eigenvalue weighted by atomic mass is 16.5. The van der Waals surface area contributed by atoms with Gasteiger partial charge >= 0.3 is 12.0 Å². The number of hydrogen-bond acceptors (Lipinski definition) is 6. The van der Waals surface area contributed by atoms with Gasteiger partial charge in [-0.15, -0.1) is 0 Å². The van der Waals surface area contributed by atoms with Crippen molar-refractivity contribution in [2.24, 2.45) is 5.92 Å². The van der Waals surface area contributed by atoms with Crippen LogP contribution in [0.3, 0.4) is 0 Å². The van der Waals surface area contributed by atoms with Gasteiger partial charge in [0.25, 0.3) is 5.91 Å². The van der Waals surface area contributed by atoms with Gasteiger partial charge in [0.15, 0.2) is 0 Å². The molecule has 2 unspecified atom stereocenters. The third kappa shape index (κ3) is 4.35. The van der Waals surface area contributed by atoms with Gasteiger partial charge in [0, 0.05) is 13.1 Å². The number of piperidine rings is 1. The summed E-state index contributed by atoms with van der Waals surface area (Å²) in [5, 5.41) is 2.71. The van der Waals surface area contributed by atoms with E-state index < -0.39 is 17.5 Å². The molecule has 1 aromatic carbocycles. The van der Waals surface area contributed by atoms with Crippen LogP contribution in [0, 0.1) is 12.8 Å². The Morgan fingerprint density at radius 2 is 2.03 bits per heavy atom. The fourth-order valence-corrected chi connectivity index (χ4v) is 4.12. The number of nitrogens with zero attached hydrogens (tertiary/aromatic N) is 2. The monoisotopic (exact) mass is 431 g/mol. The van der Waals surface area contributed by atoms with E-state index in [2.05, 4.69) is 5.32 Å². The van der Waals surface area contributed by atoms with E-state index in [0.29, 0.717) is 30.7 Å². The first-order valence-corrected chi connectivity index (χ1v) is 10.4. The van der Waals surface area contributed by atoms with Crippen molar-refractivity contribution in [3.63, 3.8) is 0 Å². The van der Waals surface area contributed by atoms with Gasteiger partial charge in [0.2, 0.25) is 5.91 Å². The van der Waals surface area contributed by atoms with Crippen LogP contribution in [0.15, 0.2) is 18.2 Å². The van der Waals surface area contributed by atoms with Crippen molar-refractivity contribution in [3.8, 4) is 5.75 Å². The van der Waals surface area contributed by atoms with E-state index in [9.17, 15) is 19.2 Å². The van der Waals surface area contributed by atoms with Gasteiger partial charge in [-0.1, -0.05) is 6.07 Å². The number of imide groups is 1. The van der Waals surface area contributed by atoms with Gasteiger partial charge in [-0.2, -0.15) is 0 Å². The second-order valence-corrected chi connectivity index (χ2v) is 8.06. The quantitative estimate of drug-likeness (QED) is 0.542. The first-order valence-electron chi connectivity index (χ1n) is 10.4. The molecule has 0 aromatic heterocycles. The molecule has 0 radical (unpaired) electrons. The van der Waals surface area contributed by atoms with Crippen molar-refractivity contribution in [2.45, 2.75) is 39.2 Å². The molecule has 2 aliphatic heterocycles. The molecule has 1 N–H and O–H groups in total. The topological polar surface area (TPSA) is 105 Å². The lowest BCUT2D eigenvalue weighted by Crippen LogP contribution is -2.48. The van der Waals surface area contributed by atoms with Crippen LogP contribution in [-0.2, 0) is 24.7 Å². The van der Waals surface area contributed by atoms with Crippen LogP contribution in [0.5, 0.6) is 5.75 Å². The van der Waals surface area contributed by atoms with E-state index in [1.54, 1.807) is 39.2 Å². The molecule has 4 amide bonds. The Bertz CT molecular complexity index is 901. The summed E-state index contributed by atoms with van der Waals surface area (Å²) in [7, 11) is 1.56. The minimum Gasteiger partial charge on any atom is -0.496 e. The number of amides is 4. The zero-order chi connectivity index (χ0) is 22.8. The zero-order valence-corrected chi connectivity index (χ0v) is 18.4. The van der Waals surface area contributed by atoms with Crippen LogP contribution in [0.1, 0.15) is 37.8 Å². The van der Waals surface area contributed by atoms with Gasteiger partial charge < -0.3 is 19.7 Å². The minimum absolute atomic E-state index is 0.232. The summed E-state index contributed by atoms with van der Waals surface area (Å²) >= 11 is 0. The molecule has 0 bridgehead atoms. The molecule has 3 rings (SSSR count). The van der Waals surface area contributed by atoms with Crippen molar-refractivity contribution in [2.75, 3.05) is 33.4 Å². The largest absolute Gasteiger partial charge is 0.496 e. The summed E-state index contributed by atoms with van der Waals surface area (Å²) in [5.41, 5.74) is 0.166. The standard InChI is InChI=1S/C22H29N3O6/c1-5-31-19(27)15-7-6-10-24(12-15)18(26)13-25-20(28)22(3,23-21(25)29)16-8-9-17(30-4)14(2)11-16/h8-9,11,15H,5-7,10,12-13H2,1-4H3,(H,23,29). The molecule has 9 nitrogen and oxygen atoms in total. The molecule has 0 saturated carbocycles. The lowest BCUT2D eigenvalue weighted by Gasteiger charge is -2.32. The average Bonchev–Trinajstić information content (AvgIpc) is 2.97. The van der Waals surface area contributed by atoms with Gasteiger partial charge in [0.1, 0.15) is 17.8 Å². The molecule has 31 heavy (non-hydrogen) atoms. The summed E-state index contributed by atoms with van der Waals surface area (Å²) in [5.74, 6) is -0.884. The van der Waals surface area contributed by atoms with Crippen LogP contribution in [-0.4, -0.2) is 67.0 Å². The number of nitrogens with one attached hydrogen (secondary N) is 1. The summed E-state index contributed by atoms with van der Waals surface area (Å²) in [4.78, 5) is 53.1. The van der Waals surface area contributed by atoms with E-state index in [0.717, 1.165) is 10.5 Å². The van der Waals surface area contributed by atoms with E-state index >= 15 is 0 Å². The Balaban J connectivity index is 1.71. The second-order valence-electron chi connectivity index (χ2n) is 8.06. The maximum atomic E-state index is 13.1. The number of methoxy groups -OCH3 is 1. The van der Waals surface area contributed by atoms with Crippen LogP contribution in [0.4, 0.5) is 4.79 Å². The lowest BCUT2D eigenvalue weighted by molar-refractivity contribution is -0.152. The maximum Gasteiger partial charge on any atom is 0.325 e. The molecule has 2 saturated heterocycles. The molecule has 2 aliphatic rings. The van der Waals surface area contributed by atoms with Crippen LogP contribution in [0.25, 0.3) is 0 Å². The fraction of sp³-hybridized carbons (Fsp3) is 0.545. The number of carbonyl (C=O) groups is 4. The zero-order valence-electron chi connectivity index (χ0n) is 18.4. The molecular weight excluding hydrogens is 402 g/mol. The van der Waals surface area contributed by atoms with E-state index in [1.807, 2.05) is 6.92 Å². The number of urea groups is 1. The Labute approximate surface area is 181 Å². The highest BCUT2D eigenvalue weighted by Crippen LogP contribution is 2.32. The van der Waals surface area contributed by atoms with Gasteiger partial charge in [-0.05, 0) is 56.9 Å². The highest BCUT2D eigenvalue weighted by molar-refractivity contribution is 6.09. The average molecular weight is 431 g/mol.